The molecule has 24 heavy (non-hydrogen) atoms. The van der Waals surface area contributed by atoms with Crippen molar-refractivity contribution < 1.29 is 14.3 Å². The Morgan fingerprint density at radius 2 is 1.79 bits per heavy atom. The Morgan fingerprint density at radius 1 is 1.08 bits per heavy atom. The number of hydrogen-bond donors (Lipinski definition) is 1. The van der Waals surface area contributed by atoms with E-state index < -0.39 is 0 Å². The molecule has 0 saturated carbocycles. The second-order valence-electron chi connectivity index (χ2n) is 5.64. The maximum atomic E-state index is 12.1. The number of carbonyl (C=O) groups excluding carboxylic acids is 1. The molecule has 1 amide bonds. The molecular weight excluding hydrogens is 302 g/mol. The molecule has 0 aliphatic rings. The first kappa shape index (κ1) is 17.9. The summed E-state index contributed by atoms with van der Waals surface area (Å²) >= 11 is 0. The highest BCUT2D eigenvalue weighted by Crippen LogP contribution is 2.21. The molecule has 4 nitrogen and oxygen atoms in total. The molecule has 0 atom stereocenters. The average molecular weight is 327 g/mol. The lowest BCUT2D eigenvalue weighted by molar-refractivity contribution is -0.116. The van der Waals surface area contributed by atoms with Crippen LogP contribution in [-0.4, -0.2) is 19.6 Å². The maximum Gasteiger partial charge on any atom is 0.224 e. The van der Waals surface area contributed by atoms with Crippen LogP contribution in [0.25, 0.3) is 0 Å². The van der Waals surface area contributed by atoms with Crippen LogP contribution < -0.4 is 14.8 Å². The van der Waals surface area contributed by atoms with Crippen LogP contribution >= 0.6 is 0 Å². The molecular formula is C20H25NO3. The van der Waals surface area contributed by atoms with E-state index in [9.17, 15) is 4.79 Å². The summed E-state index contributed by atoms with van der Waals surface area (Å²) in [4.78, 5) is 12.1. The van der Waals surface area contributed by atoms with E-state index in [0.717, 1.165) is 34.7 Å². The van der Waals surface area contributed by atoms with Crippen LogP contribution in [0.3, 0.4) is 0 Å². The molecule has 0 aliphatic carbocycles. The van der Waals surface area contributed by atoms with Crippen molar-refractivity contribution in [3.05, 3.63) is 53.6 Å². The number of benzene rings is 2. The summed E-state index contributed by atoms with van der Waals surface area (Å²) in [5, 5.41) is 3.03. The highest BCUT2D eigenvalue weighted by molar-refractivity contribution is 5.92. The summed E-state index contributed by atoms with van der Waals surface area (Å²) in [6, 6.07) is 13.5. The fourth-order valence-corrected chi connectivity index (χ4v) is 2.50. The smallest absolute Gasteiger partial charge is 0.224 e. The zero-order valence-electron chi connectivity index (χ0n) is 14.6. The van der Waals surface area contributed by atoms with Crippen molar-refractivity contribution in [1.29, 1.82) is 0 Å². The van der Waals surface area contributed by atoms with Crippen molar-refractivity contribution in [3.8, 4) is 11.5 Å². The van der Waals surface area contributed by atoms with Crippen LogP contribution in [0.5, 0.6) is 11.5 Å². The molecule has 2 rings (SSSR count). The fourth-order valence-electron chi connectivity index (χ4n) is 2.50. The van der Waals surface area contributed by atoms with Crippen molar-refractivity contribution in [1.82, 2.24) is 0 Å². The molecule has 0 bridgehead atoms. The topological polar surface area (TPSA) is 47.6 Å². The van der Waals surface area contributed by atoms with E-state index in [0.29, 0.717) is 19.4 Å². The van der Waals surface area contributed by atoms with Gasteiger partial charge in [-0.2, -0.15) is 0 Å². The Kier molecular flexibility index (Phi) is 6.67. The number of hydrogen-bond acceptors (Lipinski definition) is 3. The second kappa shape index (κ2) is 8.96. The van der Waals surface area contributed by atoms with E-state index in [4.69, 9.17) is 9.47 Å². The second-order valence-corrected chi connectivity index (χ2v) is 5.64. The summed E-state index contributed by atoms with van der Waals surface area (Å²) in [6.07, 6.45) is 2.01. The van der Waals surface area contributed by atoms with Gasteiger partial charge in [-0.05, 0) is 55.2 Å². The van der Waals surface area contributed by atoms with E-state index in [2.05, 4.69) is 18.3 Å². The van der Waals surface area contributed by atoms with Crippen LogP contribution in [0.1, 0.15) is 30.9 Å². The number of anilines is 1. The quantitative estimate of drug-likeness (QED) is 0.733. The van der Waals surface area contributed by atoms with E-state index in [1.165, 1.54) is 0 Å². The molecule has 0 saturated heterocycles. The monoisotopic (exact) mass is 327 g/mol. The van der Waals surface area contributed by atoms with E-state index in [1.54, 1.807) is 7.11 Å². The number of nitrogens with one attached hydrogen (secondary N) is 1. The fraction of sp³-hybridized carbons (Fsp3) is 0.350. The molecule has 2 aromatic rings. The van der Waals surface area contributed by atoms with Crippen molar-refractivity contribution in [2.24, 2.45) is 0 Å². The highest BCUT2D eigenvalue weighted by Gasteiger charge is 2.08. The predicted molar refractivity (Wildman–Crippen MR) is 96.9 cm³/mol. The molecule has 4 heteroatoms. The van der Waals surface area contributed by atoms with E-state index >= 15 is 0 Å². The zero-order chi connectivity index (χ0) is 17.4. The Bertz CT molecular complexity index is 665. The van der Waals surface area contributed by atoms with Crippen LogP contribution in [0.4, 0.5) is 5.69 Å². The van der Waals surface area contributed by atoms with Crippen molar-refractivity contribution in [2.75, 3.05) is 19.0 Å². The van der Waals surface area contributed by atoms with Gasteiger partial charge in [-0.15, -0.1) is 0 Å². The SMILES string of the molecule is CCc1cccc(C)c1NC(=O)CCCOc1ccc(OC)cc1. The van der Waals surface area contributed by atoms with Gasteiger partial charge in [0, 0.05) is 12.1 Å². The standard InChI is InChI=1S/C20H25NO3/c1-4-16-8-5-7-15(2)20(16)21-19(22)9-6-14-24-18-12-10-17(23-3)11-13-18/h5,7-8,10-13H,4,6,9,14H2,1-3H3,(H,21,22). The molecule has 1 N–H and O–H groups in total. The van der Waals surface area contributed by atoms with Gasteiger partial charge in [-0.3, -0.25) is 4.79 Å². The third-order valence-electron chi connectivity index (χ3n) is 3.88. The first-order valence-electron chi connectivity index (χ1n) is 8.29. The van der Waals surface area contributed by atoms with Gasteiger partial charge in [0.25, 0.3) is 0 Å². The largest absolute Gasteiger partial charge is 0.497 e. The molecule has 2 aromatic carbocycles. The van der Waals surface area contributed by atoms with Crippen LogP contribution in [-0.2, 0) is 11.2 Å². The summed E-state index contributed by atoms with van der Waals surface area (Å²) in [5.41, 5.74) is 3.20. The molecule has 128 valence electrons. The molecule has 0 unspecified atom stereocenters. The minimum Gasteiger partial charge on any atom is -0.497 e. The Labute approximate surface area is 143 Å². The van der Waals surface area contributed by atoms with Crippen molar-refractivity contribution in [2.45, 2.75) is 33.1 Å². The lowest BCUT2D eigenvalue weighted by atomic mass is 10.1. The summed E-state index contributed by atoms with van der Waals surface area (Å²) < 4.78 is 10.7. The Hall–Kier alpha value is -2.49. The zero-order valence-corrected chi connectivity index (χ0v) is 14.6. The Balaban J connectivity index is 1.77. The van der Waals surface area contributed by atoms with Gasteiger partial charge >= 0.3 is 0 Å². The lowest BCUT2D eigenvalue weighted by Gasteiger charge is -2.13. The molecule has 0 heterocycles. The maximum absolute atomic E-state index is 12.1. The van der Waals surface area contributed by atoms with Gasteiger partial charge in [-0.25, -0.2) is 0 Å². The molecule has 0 fully saturated rings. The van der Waals surface area contributed by atoms with Gasteiger partial charge in [0.05, 0.1) is 13.7 Å². The predicted octanol–water partition coefficient (Wildman–Crippen LogP) is 4.36. The molecule has 0 aromatic heterocycles. The van der Waals surface area contributed by atoms with Crippen LogP contribution in [0, 0.1) is 6.92 Å². The molecule has 0 spiro atoms. The molecule has 0 aliphatic heterocycles. The summed E-state index contributed by atoms with van der Waals surface area (Å²) in [6.45, 7) is 4.61. The first-order valence-corrected chi connectivity index (χ1v) is 8.29. The van der Waals surface area contributed by atoms with E-state index in [1.807, 2.05) is 43.3 Å². The van der Waals surface area contributed by atoms with Gasteiger partial charge < -0.3 is 14.8 Å². The van der Waals surface area contributed by atoms with Crippen molar-refractivity contribution >= 4 is 11.6 Å². The van der Waals surface area contributed by atoms with Gasteiger partial charge in [-0.1, -0.05) is 25.1 Å². The lowest BCUT2D eigenvalue weighted by Crippen LogP contribution is -2.15. The number of carbonyl (C=O) groups is 1. The summed E-state index contributed by atoms with van der Waals surface area (Å²) in [5.74, 6) is 1.60. The van der Waals surface area contributed by atoms with Gasteiger partial charge in [0.1, 0.15) is 11.5 Å². The van der Waals surface area contributed by atoms with Crippen LogP contribution in [0.2, 0.25) is 0 Å². The van der Waals surface area contributed by atoms with Crippen LogP contribution in [0.15, 0.2) is 42.5 Å². The number of methoxy groups -OCH3 is 1. The van der Waals surface area contributed by atoms with Crippen molar-refractivity contribution in [3.63, 3.8) is 0 Å². The minimum absolute atomic E-state index is 0.0253. The van der Waals surface area contributed by atoms with E-state index in [-0.39, 0.29) is 5.91 Å². The summed E-state index contributed by atoms with van der Waals surface area (Å²) in [7, 11) is 1.63. The first-order chi connectivity index (χ1) is 11.6. The highest BCUT2D eigenvalue weighted by atomic mass is 16.5. The normalized spacial score (nSPS) is 10.3. The number of ether oxygens (including phenoxy) is 2. The number of para-hydroxylation sites is 1. The number of rotatable bonds is 8. The third kappa shape index (κ3) is 5.01. The molecule has 0 radical (unpaired) electrons. The average Bonchev–Trinajstić information content (AvgIpc) is 2.61. The van der Waals surface area contributed by atoms with Gasteiger partial charge in [0.15, 0.2) is 0 Å². The number of amides is 1. The third-order valence-corrected chi connectivity index (χ3v) is 3.88. The Morgan fingerprint density at radius 3 is 2.46 bits per heavy atom. The number of aryl methyl sites for hydroxylation is 2. The minimum atomic E-state index is 0.0253. The van der Waals surface area contributed by atoms with Gasteiger partial charge in [0.2, 0.25) is 5.91 Å².